The van der Waals surface area contributed by atoms with E-state index in [4.69, 9.17) is 4.74 Å². The maximum Gasteiger partial charge on any atom is 0.0600 e. The molecule has 0 bridgehead atoms. The van der Waals surface area contributed by atoms with Crippen molar-refractivity contribution in [3.8, 4) is 0 Å². The van der Waals surface area contributed by atoms with Crippen molar-refractivity contribution in [3.63, 3.8) is 0 Å². The van der Waals surface area contributed by atoms with E-state index < -0.39 is 0 Å². The van der Waals surface area contributed by atoms with Crippen LogP contribution in [0.2, 0.25) is 0 Å². The highest BCUT2D eigenvalue weighted by molar-refractivity contribution is 4.97. The van der Waals surface area contributed by atoms with Gasteiger partial charge in [-0.05, 0) is 44.2 Å². The summed E-state index contributed by atoms with van der Waals surface area (Å²) in [6.45, 7) is 7.08. The quantitative estimate of drug-likeness (QED) is 0.805. The largest absolute Gasteiger partial charge is 0.377 e. The summed E-state index contributed by atoms with van der Waals surface area (Å²) in [7, 11) is 0. The van der Waals surface area contributed by atoms with Crippen LogP contribution in [0.4, 0.5) is 0 Å². The number of rotatable bonds is 4. The molecule has 0 aromatic rings. The Bertz CT molecular complexity index is 237. The predicted octanol–water partition coefficient (Wildman–Crippen LogP) is 1.63. The van der Waals surface area contributed by atoms with Crippen LogP contribution in [-0.4, -0.2) is 50.3 Å². The number of hydrogen-bond acceptors (Lipinski definition) is 3. The molecule has 2 aliphatic heterocycles. The number of likely N-dealkylation sites (tertiary alicyclic amines) is 1. The van der Waals surface area contributed by atoms with E-state index in [1.165, 1.54) is 51.6 Å². The molecule has 1 spiro atoms. The number of hydrogen-bond donors (Lipinski definition) is 1. The summed E-state index contributed by atoms with van der Waals surface area (Å²) in [5.74, 6) is 0. The van der Waals surface area contributed by atoms with E-state index in [-0.39, 0.29) is 0 Å². The van der Waals surface area contributed by atoms with Gasteiger partial charge in [0.1, 0.15) is 0 Å². The zero-order chi connectivity index (χ0) is 11.6. The average molecular weight is 238 g/mol. The lowest BCUT2D eigenvalue weighted by atomic mass is 9.78. The molecule has 0 radical (unpaired) electrons. The Morgan fingerprint density at radius 2 is 1.82 bits per heavy atom. The van der Waals surface area contributed by atoms with Gasteiger partial charge in [0.15, 0.2) is 0 Å². The second kappa shape index (κ2) is 5.25. The fourth-order valence-corrected chi connectivity index (χ4v) is 3.81. The Balaban J connectivity index is 1.28. The van der Waals surface area contributed by atoms with Crippen molar-refractivity contribution >= 4 is 0 Å². The minimum absolute atomic E-state index is 0.526. The first-order chi connectivity index (χ1) is 8.36. The number of nitrogens with zero attached hydrogens (tertiary/aromatic N) is 1. The zero-order valence-electron chi connectivity index (χ0n) is 10.9. The maximum absolute atomic E-state index is 5.96. The highest BCUT2D eigenvalue weighted by Crippen LogP contribution is 2.45. The third-order valence-electron chi connectivity index (χ3n) is 4.83. The second-order valence-electron chi connectivity index (χ2n) is 6.24. The second-order valence-corrected chi connectivity index (χ2v) is 6.24. The van der Waals surface area contributed by atoms with E-state index >= 15 is 0 Å². The Hall–Kier alpha value is -0.120. The molecular weight excluding hydrogens is 212 g/mol. The van der Waals surface area contributed by atoms with Gasteiger partial charge >= 0.3 is 0 Å². The van der Waals surface area contributed by atoms with Gasteiger partial charge in [0.25, 0.3) is 0 Å². The molecule has 3 fully saturated rings. The molecule has 0 aromatic carbocycles. The Labute approximate surface area is 105 Å². The van der Waals surface area contributed by atoms with Crippen molar-refractivity contribution in [2.24, 2.45) is 5.41 Å². The van der Waals surface area contributed by atoms with Crippen molar-refractivity contribution in [3.05, 3.63) is 0 Å². The molecule has 0 atom stereocenters. The van der Waals surface area contributed by atoms with Gasteiger partial charge in [-0.1, -0.05) is 12.8 Å². The highest BCUT2D eigenvalue weighted by atomic mass is 16.5. The molecule has 1 saturated carbocycles. The molecule has 98 valence electrons. The summed E-state index contributed by atoms with van der Waals surface area (Å²) in [6.07, 6.45) is 8.84. The highest BCUT2D eigenvalue weighted by Gasteiger charge is 2.44. The standard InChI is InChI=1S/C14H26N2O/c1-2-6-14(5-1)11-16(12-14)9-10-17-13-3-7-15-8-4-13/h13,15H,1-12H2. The molecule has 3 rings (SSSR count). The van der Waals surface area contributed by atoms with Gasteiger partial charge in [-0.25, -0.2) is 0 Å². The van der Waals surface area contributed by atoms with Gasteiger partial charge in [0, 0.05) is 19.6 Å². The minimum Gasteiger partial charge on any atom is -0.377 e. The molecule has 1 aliphatic carbocycles. The fourth-order valence-electron chi connectivity index (χ4n) is 3.81. The molecule has 3 aliphatic rings. The van der Waals surface area contributed by atoms with Crippen LogP contribution < -0.4 is 5.32 Å². The van der Waals surface area contributed by atoms with E-state index in [9.17, 15) is 0 Å². The van der Waals surface area contributed by atoms with E-state index in [0.29, 0.717) is 6.10 Å². The molecule has 3 heteroatoms. The van der Waals surface area contributed by atoms with Crippen LogP contribution in [0, 0.1) is 5.41 Å². The normalized spacial score (nSPS) is 29.6. The molecule has 2 saturated heterocycles. The minimum atomic E-state index is 0.526. The van der Waals surface area contributed by atoms with Crippen LogP contribution in [0.1, 0.15) is 38.5 Å². The monoisotopic (exact) mass is 238 g/mol. The molecule has 17 heavy (non-hydrogen) atoms. The van der Waals surface area contributed by atoms with Crippen LogP contribution in [0.3, 0.4) is 0 Å². The van der Waals surface area contributed by atoms with Gasteiger partial charge in [-0.2, -0.15) is 0 Å². The first kappa shape index (κ1) is 11.9. The van der Waals surface area contributed by atoms with Gasteiger partial charge < -0.3 is 10.1 Å². The van der Waals surface area contributed by atoms with Gasteiger partial charge in [-0.3, -0.25) is 4.90 Å². The van der Waals surface area contributed by atoms with Crippen molar-refractivity contribution < 1.29 is 4.74 Å². The Morgan fingerprint density at radius 1 is 1.12 bits per heavy atom. The molecule has 3 nitrogen and oxygen atoms in total. The maximum atomic E-state index is 5.96. The lowest BCUT2D eigenvalue weighted by Gasteiger charge is -2.48. The van der Waals surface area contributed by atoms with Gasteiger partial charge in [0.05, 0.1) is 12.7 Å². The molecule has 0 amide bonds. The average Bonchev–Trinajstić information content (AvgIpc) is 2.79. The van der Waals surface area contributed by atoms with Crippen molar-refractivity contribution in [2.45, 2.75) is 44.6 Å². The van der Waals surface area contributed by atoms with Gasteiger partial charge in [-0.15, -0.1) is 0 Å². The van der Waals surface area contributed by atoms with Gasteiger partial charge in [0.2, 0.25) is 0 Å². The number of piperidine rings is 1. The van der Waals surface area contributed by atoms with Crippen LogP contribution in [0.25, 0.3) is 0 Å². The Morgan fingerprint density at radius 3 is 2.53 bits per heavy atom. The predicted molar refractivity (Wildman–Crippen MR) is 69.2 cm³/mol. The SMILES string of the molecule is C1CCC2(C1)CN(CCOC1CCNCC1)C2. The molecule has 0 aromatic heterocycles. The summed E-state index contributed by atoms with van der Waals surface area (Å²) in [5, 5.41) is 3.38. The first-order valence-electron chi connectivity index (χ1n) is 7.41. The third kappa shape index (κ3) is 2.83. The zero-order valence-corrected chi connectivity index (χ0v) is 10.9. The summed E-state index contributed by atoms with van der Waals surface area (Å²) in [6, 6.07) is 0. The van der Waals surface area contributed by atoms with Crippen LogP contribution >= 0.6 is 0 Å². The van der Waals surface area contributed by atoms with E-state index in [1.807, 2.05) is 0 Å². The van der Waals surface area contributed by atoms with Crippen LogP contribution in [0.5, 0.6) is 0 Å². The summed E-state index contributed by atoms with van der Waals surface area (Å²) in [5.41, 5.74) is 0.745. The van der Waals surface area contributed by atoms with Crippen molar-refractivity contribution in [1.29, 1.82) is 0 Å². The molecule has 2 heterocycles. The number of nitrogens with one attached hydrogen (secondary N) is 1. The summed E-state index contributed by atoms with van der Waals surface area (Å²) >= 11 is 0. The topological polar surface area (TPSA) is 24.5 Å². The lowest BCUT2D eigenvalue weighted by molar-refractivity contribution is -0.0342. The van der Waals surface area contributed by atoms with E-state index in [0.717, 1.165) is 31.7 Å². The smallest absolute Gasteiger partial charge is 0.0600 e. The number of ether oxygens (including phenoxy) is 1. The Kier molecular flexibility index (Phi) is 3.69. The fraction of sp³-hybridized carbons (Fsp3) is 1.00. The van der Waals surface area contributed by atoms with E-state index in [1.54, 1.807) is 0 Å². The van der Waals surface area contributed by atoms with E-state index in [2.05, 4.69) is 10.2 Å². The first-order valence-corrected chi connectivity index (χ1v) is 7.41. The summed E-state index contributed by atoms with van der Waals surface area (Å²) in [4.78, 5) is 2.59. The third-order valence-corrected chi connectivity index (χ3v) is 4.83. The van der Waals surface area contributed by atoms with Crippen LogP contribution in [-0.2, 0) is 4.74 Å². The summed E-state index contributed by atoms with van der Waals surface area (Å²) < 4.78 is 5.96. The molecule has 0 unspecified atom stereocenters. The van der Waals surface area contributed by atoms with Crippen molar-refractivity contribution in [2.75, 3.05) is 39.3 Å². The lowest BCUT2D eigenvalue weighted by Crippen LogP contribution is -2.55. The van der Waals surface area contributed by atoms with Crippen molar-refractivity contribution in [1.82, 2.24) is 10.2 Å². The molecular formula is C14H26N2O. The van der Waals surface area contributed by atoms with Crippen LogP contribution in [0.15, 0.2) is 0 Å². The molecule has 1 N–H and O–H groups in total.